The van der Waals surface area contributed by atoms with Crippen LogP contribution < -0.4 is 9.80 Å². The van der Waals surface area contributed by atoms with Gasteiger partial charge < -0.3 is 19.6 Å². The SMILES string of the molecule is CCc1ccc(N2C[C@@H](C(=O)N3CC[NH+](CC(=O)N4CCCC4)CC3)CC2=O)cc1. The molecule has 3 saturated heterocycles. The number of hydrogen-bond donors (Lipinski definition) is 1. The molecule has 0 spiro atoms. The van der Waals surface area contributed by atoms with Gasteiger partial charge >= 0.3 is 0 Å². The zero-order valence-electron chi connectivity index (χ0n) is 17.9. The van der Waals surface area contributed by atoms with Gasteiger partial charge in [0.2, 0.25) is 11.8 Å². The van der Waals surface area contributed by atoms with Crippen molar-refractivity contribution in [3.63, 3.8) is 0 Å². The molecule has 1 aromatic rings. The molecular weight excluding hydrogens is 380 g/mol. The highest BCUT2D eigenvalue weighted by molar-refractivity contribution is 6.00. The molecule has 3 fully saturated rings. The quantitative estimate of drug-likeness (QED) is 0.736. The molecule has 1 aromatic carbocycles. The van der Waals surface area contributed by atoms with Crippen molar-refractivity contribution < 1.29 is 19.3 Å². The largest absolute Gasteiger partial charge is 0.338 e. The number of rotatable bonds is 5. The molecule has 7 nitrogen and oxygen atoms in total. The molecule has 0 unspecified atom stereocenters. The van der Waals surface area contributed by atoms with E-state index >= 15 is 0 Å². The third kappa shape index (κ3) is 4.51. The molecule has 0 saturated carbocycles. The zero-order valence-corrected chi connectivity index (χ0v) is 17.9. The fraction of sp³-hybridized carbons (Fsp3) is 0.609. The summed E-state index contributed by atoms with van der Waals surface area (Å²) in [5.41, 5.74) is 2.11. The molecule has 30 heavy (non-hydrogen) atoms. The summed E-state index contributed by atoms with van der Waals surface area (Å²) in [5.74, 6) is 0.0866. The number of nitrogens with zero attached hydrogens (tertiary/aromatic N) is 3. The van der Waals surface area contributed by atoms with Crippen LogP contribution in [0, 0.1) is 5.92 Å². The number of hydrogen-bond acceptors (Lipinski definition) is 3. The van der Waals surface area contributed by atoms with Crippen molar-refractivity contribution in [2.75, 3.05) is 57.3 Å². The Bertz CT molecular complexity index is 780. The molecule has 3 aliphatic heterocycles. The van der Waals surface area contributed by atoms with Gasteiger partial charge in [-0.25, -0.2) is 0 Å². The van der Waals surface area contributed by atoms with Crippen LogP contribution in [-0.4, -0.2) is 79.9 Å². The highest BCUT2D eigenvalue weighted by Crippen LogP contribution is 2.26. The van der Waals surface area contributed by atoms with Crippen LogP contribution in [0.4, 0.5) is 5.69 Å². The van der Waals surface area contributed by atoms with Crippen LogP contribution in [0.25, 0.3) is 0 Å². The Hall–Kier alpha value is -2.41. The second-order valence-electron chi connectivity index (χ2n) is 8.77. The zero-order chi connectivity index (χ0) is 21.1. The predicted molar refractivity (Wildman–Crippen MR) is 114 cm³/mol. The topological polar surface area (TPSA) is 65.4 Å². The predicted octanol–water partition coefficient (Wildman–Crippen LogP) is -0.0486. The number of carbonyl (C=O) groups excluding carboxylic acids is 3. The first-order chi connectivity index (χ1) is 14.5. The van der Waals surface area contributed by atoms with E-state index in [9.17, 15) is 14.4 Å². The van der Waals surface area contributed by atoms with E-state index in [1.54, 1.807) is 4.90 Å². The molecule has 3 amide bonds. The van der Waals surface area contributed by atoms with E-state index in [-0.39, 0.29) is 30.1 Å². The fourth-order valence-corrected chi connectivity index (χ4v) is 4.80. The maximum absolute atomic E-state index is 13.0. The Morgan fingerprint density at radius 1 is 1.00 bits per heavy atom. The molecule has 4 rings (SSSR count). The number of nitrogens with one attached hydrogen (secondary N) is 1. The third-order valence-corrected chi connectivity index (χ3v) is 6.77. The van der Waals surface area contributed by atoms with Crippen LogP contribution in [0.1, 0.15) is 31.7 Å². The van der Waals surface area contributed by atoms with Gasteiger partial charge in [0.05, 0.1) is 32.1 Å². The van der Waals surface area contributed by atoms with Gasteiger partial charge in [-0.2, -0.15) is 0 Å². The van der Waals surface area contributed by atoms with E-state index in [2.05, 4.69) is 6.92 Å². The first kappa shape index (κ1) is 20.8. The van der Waals surface area contributed by atoms with Crippen LogP contribution in [-0.2, 0) is 20.8 Å². The lowest BCUT2D eigenvalue weighted by molar-refractivity contribution is -0.896. The van der Waals surface area contributed by atoms with Gasteiger partial charge in [-0.15, -0.1) is 0 Å². The molecule has 3 heterocycles. The smallest absolute Gasteiger partial charge is 0.277 e. The second kappa shape index (κ2) is 9.16. The van der Waals surface area contributed by atoms with E-state index in [1.807, 2.05) is 34.1 Å². The number of aryl methyl sites for hydroxylation is 1. The summed E-state index contributed by atoms with van der Waals surface area (Å²) in [7, 11) is 0. The van der Waals surface area contributed by atoms with Gasteiger partial charge in [0, 0.05) is 31.7 Å². The highest BCUT2D eigenvalue weighted by Gasteiger charge is 2.38. The minimum Gasteiger partial charge on any atom is -0.338 e. The van der Waals surface area contributed by atoms with Crippen molar-refractivity contribution in [2.45, 2.75) is 32.6 Å². The number of quaternary nitrogens is 1. The van der Waals surface area contributed by atoms with E-state index in [0.29, 0.717) is 26.2 Å². The molecule has 0 radical (unpaired) electrons. The average Bonchev–Trinajstić information content (AvgIpc) is 3.44. The van der Waals surface area contributed by atoms with Crippen LogP contribution in [0.15, 0.2) is 24.3 Å². The Balaban J connectivity index is 1.27. The summed E-state index contributed by atoms with van der Waals surface area (Å²) in [6, 6.07) is 8.04. The van der Waals surface area contributed by atoms with Crippen molar-refractivity contribution in [2.24, 2.45) is 5.92 Å². The van der Waals surface area contributed by atoms with Gasteiger partial charge in [-0.3, -0.25) is 14.4 Å². The molecule has 7 heteroatoms. The van der Waals surface area contributed by atoms with Crippen LogP contribution in [0.3, 0.4) is 0 Å². The maximum Gasteiger partial charge on any atom is 0.277 e. The molecule has 0 bridgehead atoms. The summed E-state index contributed by atoms with van der Waals surface area (Å²) in [5, 5.41) is 0. The van der Waals surface area contributed by atoms with Crippen molar-refractivity contribution >= 4 is 23.4 Å². The van der Waals surface area contributed by atoms with Crippen molar-refractivity contribution in [3.05, 3.63) is 29.8 Å². The number of piperazine rings is 1. The van der Waals surface area contributed by atoms with Gasteiger partial charge in [0.1, 0.15) is 0 Å². The molecule has 0 aliphatic carbocycles. The summed E-state index contributed by atoms with van der Waals surface area (Å²) < 4.78 is 0. The molecule has 3 aliphatic rings. The Kier molecular flexibility index (Phi) is 6.37. The Labute approximate surface area is 178 Å². The molecule has 1 atom stereocenters. The first-order valence-electron chi connectivity index (χ1n) is 11.3. The Morgan fingerprint density at radius 3 is 2.30 bits per heavy atom. The number of amides is 3. The molecule has 1 N–H and O–H groups in total. The van der Waals surface area contributed by atoms with Crippen LogP contribution >= 0.6 is 0 Å². The lowest BCUT2D eigenvalue weighted by atomic mass is 10.1. The number of benzene rings is 1. The summed E-state index contributed by atoms with van der Waals surface area (Å²) >= 11 is 0. The Morgan fingerprint density at radius 2 is 1.67 bits per heavy atom. The minimum absolute atomic E-state index is 0.0260. The van der Waals surface area contributed by atoms with Gasteiger partial charge in [0.25, 0.3) is 5.91 Å². The van der Waals surface area contributed by atoms with E-state index < -0.39 is 0 Å². The van der Waals surface area contributed by atoms with E-state index in [0.717, 1.165) is 51.1 Å². The normalized spacial score (nSPS) is 22.8. The third-order valence-electron chi connectivity index (χ3n) is 6.77. The summed E-state index contributed by atoms with van der Waals surface area (Å²) in [4.78, 5) is 44.8. The standard InChI is InChI=1S/C23H32N4O3/c1-2-18-5-7-20(8-6-18)27-16-19(15-21(27)28)23(30)26-13-11-24(12-14-26)17-22(29)25-9-3-4-10-25/h5-8,19H,2-4,9-17H2,1H3/p+1/t19-/m0/s1. The van der Waals surface area contributed by atoms with Crippen molar-refractivity contribution in [3.8, 4) is 0 Å². The maximum atomic E-state index is 13.0. The van der Waals surface area contributed by atoms with Crippen LogP contribution in [0.5, 0.6) is 0 Å². The summed E-state index contributed by atoms with van der Waals surface area (Å²) in [6.07, 6.45) is 3.48. The molecular formula is C23H33N4O3+. The first-order valence-corrected chi connectivity index (χ1v) is 11.3. The lowest BCUT2D eigenvalue weighted by Gasteiger charge is -2.33. The monoisotopic (exact) mass is 413 g/mol. The van der Waals surface area contributed by atoms with Gasteiger partial charge in [0.15, 0.2) is 6.54 Å². The van der Waals surface area contributed by atoms with Gasteiger partial charge in [-0.05, 0) is 37.0 Å². The minimum atomic E-state index is -0.267. The van der Waals surface area contributed by atoms with Gasteiger partial charge in [-0.1, -0.05) is 19.1 Å². The molecule has 162 valence electrons. The fourth-order valence-electron chi connectivity index (χ4n) is 4.80. The number of likely N-dealkylation sites (tertiary alicyclic amines) is 1. The van der Waals surface area contributed by atoms with E-state index in [1.165, 1.54) is 10.5 Å². The van der Waals surface area contributed by atoms with E-state index in [4.69, 9.17) is 0 Å². The molecule has 0 aromatic heterocycles. The average molecular weight is 414 g/mol. The van der Waals surface area contributed by atoms with Crippen LogP contribution in [0.2, 0.25) is 0 Å². The lowest BCUT2D eigenvalue weighted by Crippen LogP contribution is -3.15. The number of anilines is 1. The van der Waals surface area contributed by atoms with Crippen molar-refractivity contribution in [1.29, 1.82) is 0 Å². The second-order valence-corrected chi connectivity index (χ2v) is 8.77. The summed E-state index contributed by atoms with van der Waals surface area (Å²) in [6.45, 7) is 7.81. The highest BCUT2D eigenvalue weighted by atomic mass is 16.2. The number of carbonyl (C=O) groups is 3. The van der Waals surface area contributed by atoms with Crippen molar-refractivity contribution in [1.82, 2.24) is 9.80 Å².